The molecule has 0 aliphatic heterocycles. The molecule has 0 radical (unpaired) electrons. The topological polar surface area (TPSA) is 123 Å². The summed E-state index contributed by atoms with van der Waals surface area (Å²) in [6.45, 7) is 0. The second-order valence-electron chi connectivity index (χ2n) is 33.7. The van der Waals surface area contributed by atoms with Gasteiger partial charge in [0, 0.05) is 111 Å². The quantitative estimate of drug-likeness (QED) is 0.118. The minimum atomic E-state index is 0.468. The molecule has 27 aromatic rings. The summed E-state index contributed by atoms with van der Waals surface area (Å²) in [6.07, 6.45) is 0. The molecule has 0 aliphatic rings. The fraction of sp³-hybridized carbons (Fsp3) is 0.00855. The molecule has 8 heterocycles. The molecular weight excluding hydrogens is 1580 g/mol. The summed E-state index contributed by atoms with van der Waals surface area (Å²) in [7, 11) is 2.13. The monoisotopic (exact) mass is 1650 g/mol. The number of rotatable bonds is 12. The summed E-state index contributed by atoms with van der Waals surface area (Å²) in [5, 5.41) is 17.5. The van der Waals surface area contributed by atoms with E-state index in [1.807, 2.05) is 18.2 Å². The van der Waals surface area contributed by atoms with Gasteiger partial charge in [0.2, 0.25) is 0 Å². The van der Waals surface area contributed by atoms with Crippen LogP contribution in [0, 0.1) is 0 Å². The number of nitrogens with zero attached hydrogens (tertiary/aromatic N) is 10. The Kier molecular flexibility index (Phi) is 15.8. The maximum Gasteiger partial charge on any atom is 0.170 e. The van der Waals surface area contributed by atoms with E-state index in [9.17, 15) is 0 Å². The number of hydrogen-bond donors (Lipinski definition) is 0. The minimum Gasteiger partial charge on any atom is -0.455 e. The Hall–Kier alpha value is -17.5. The molecule has 0 amide bonds. The predicted molar refractivity (Wildman–Crippen MR) is 529 cm³/mol. The third kappa shape index (κ3) is 11.4. The normalized spacial score (nSPS) is 12.1. The lowest BCUT2D eigenvalue weighted by Crippen LogP contribution is -2.04. The van der Waals surface area contributed by atoms with E-state index < -0.39 is 0 Å². The Labute approximate surface area is 737 Å². The number of fused-ring (bicyclic) bond motifs is 20. The number of hydrogen-bond acceptors (Lipinski definition) is 8. The van der Waals surface area contributed by atoms with Crippen molar-refractivity contribution in [2.75, 3.05) is 0 Å². The van der Waals surface area contributed by atoms with Crippen LogP contribution in [0.4, 0.5) is 0 Å². The van der Waals surface area contributed by atoms with Crippen LogP contribution in [0.1, 0.15) is 0 Å². The lowest BCUT2D eigenvalue weighted by Gasteiger charge is -2.16. The molecule has 0 unspecified atom stereocenters. The maximum absolute atomic E-state index is 7.44. The van der Waals surface area contributed by atoms with Crippen molar-refractivity contribution in [1.29, 1.82) is 0 Å². The zero-order valence-corrected chi connectivity index (χ0v) is 69.5. The predicted octanol–water partition coefficient (Wildman–Crippen LogP) is 30.1. The average Bonchev–Trinajstić information content (AvgIpc) is 1.57. The summed E-state index contributed by atoms with van der Waals surface area (Å²) >= 11 is 0. The second-order valence-corrected chi connectivity index (χ2v) is 33.7. The molecule has 0 spiro atoms. The summed E-state index contributed by atoms with van der Waals surface area (Å²) in [5.41, 5.74) is 25.5. The summed E-state index contributed by atoms with van der Waals surface area (Å²) in [5.74, 6) is 3.08. The zero-order chi connectivity index (χ0) is 84.6. The Morgan fingerprint density at radius 2 is 0.519 bits per heavy atom. The molecule has 0 saturated heterocycles. The van der Waals surface area contributed by atoms with Crippen molar-refractivity contribution >= 4 is 153 Å². The van der Waals surface area contributed by atoms with Gasteiger partial charge in [-0.1, -0.05) is 261 Å². The average molecular weight is 1650 g/mol. The summed E-state index contributed by atoms with van der Waals surface area (Å²) < 4.78 is 23.9. The fourth-order valence-electron chi connectivity index (χ4n) is 20.3. The first-order valence-corrected chi connectivity index (χ1v) is 43.6. The highest BCUT2D eigenvalue weighted by Gasteiger charge is 2.30. The summed E-state index contributed by atoms with van der Waals surface area (Å²) in [4.78, 5) is 33.7. The molecule has 129 heavy (non-hydrogen) atoms. The van der Waals surface area contributed by atoms with Crippen molar-refractivity contribution in [2.45, 2.75) is 0 Å². The van der Waals surface area contributed by atoms with Crippen molar-refractivity contribution in [3.63, 3.8) is 0 Å². The third-order valence-corrected chi connectivity index (χ3v) is 26.5. The standard InChI is InChI=1S/C117H70N10O2/c1-124-96-38-17-12-33-84(96)91-65-81(51-56-97(91)124)114-118-112(120-116(122-114)108-102(58-54-89-88-37-16-21-42-106(88)128-110(89)108)126-99-40-19-14-35-86(99)93-62-75-25-8-10-27-77(75)67-104(93)126)73-49-47-71(48-50-73)70-43-45-72(46-44-70)79-53-60-107-95(64-79)90-55-59-103(127-100-41-20-15-36-87(100)94-63-76-26-9-11-28-78(76)68-105(94)127)109(111(90)129-107)117-121-113(80-30-22-29-74(61-80)69-23-4-2-5-24-69)119-115(123-117)82-52-57-101-92(66-82)85-34-13-18-39-98(85)125(101)83-31-6-3-7-32-83/h2-68H,1H3. The SMILES string of the molecule is Cn1c2ccccc2c2cc(-c3nc(-c4ccc(-c5ccc(-c6ccc7oc8c(-c9nc(-c%10cccc(-c%11ccccc%11)c%10)nc(-c%10ccc%11c(c%10)c%10ccccc%10n%11-c%10ccccc%10)n9)c(-n9c%10ccccc%10c%10cc%11ccccc%11cc%109)ccc8c7c6)cc5)cc4)nc(-c4c(-n5c6ccccc6c6cc7ccccc7cc65)ccc5c4oc4ccccc45)n3)ccc21. The number of benzene rings is 19. The van der Waals surface area contributed by atoms with Crippen LogP contribution >= 0.6 is 0 Å². The Bertz CT molecular complexity index is 9400. The Morgan fingerprint density at radius 3 is 1.08 bits per heavy atom. The largest absolute Gasteiger partial charge is 0.455 e. The van der Waals surface area contributed by atoms with Gasteiger partial charge in [-0.15, -0.1) is 0 Å². The van der Waals surface area contributed by atoms with Gasteiger partial charge in [-0.05, 0) is 201 Å². The van der Waals surface area contributed by atoms with Crippen molar-refractivity contribution in [3.05, 3.63) is 406 Å². The molecular formula is C117H70N10O2. The van der Waals surface area contributed by atoms with Gasteiger partial charge >= 0.3 is 0 Å². The molecule has 0 N–H and O–H groups in total. The first kappa shape index (κ1) is 72.0. The highest BCUT2D eigenvalue weighted by Crippen LogP contribution is 2.49. The van der Waals surface area contributed by atoms with Crippen LogP contribution in [-0.2, 0) is 7.05 Å². The van der Waals surface area contributed by atoms with Crippen molar-refractivity contribution in [1.82, 2.24) is 48.2 Å². The van der Waals surface area contributed by atoms with Crippen molar-refractivity contribution < 1.29 is 8.83 Å². The second kappa shape index (κ2) is 28.3. The molecule has 12 heteroatoms. The van der Waals surface area contributed by atoms with Gasteiger partial charge in [0.1, 0.15) is 22.3 Å². The van der Waals surface area contributed by atoms with Gasteiger partial charge < -0.3 is 27.1 Å². The Balaban J connectivity index is 0.602. The minimum absolute atomic E-state index is 0.468. The first-order chi connectivity index (χ1) is 63.8. The Morgan fingerprint density at radius 1 is 0.186 bits per heavy atom. The van der Waals surface area contributed by atoms with Gasteiger partial charge in [-0.2, -0.15) is 0 Å². The van der Waals surface area contributed by atoms with E-state index in [1.54, 1.807) is 0 Å². The van der Waals surface area contributed by atoms with Gasteiger partial charge in [-0.3, -0.25) is 0 Å². The number of aromatic nitrogens is 10. The lowest BCUT2D eigenvalue weighted by atomic mass is 9.98. The van der Waals surface area contributed by atoms with Crippen LogP contribution in [0.2, 0.25) is 0 Å². The van der Waals surface area contributed by atoms with Crippen LogP contribution in [0.15, 0.2) is 415 Å². The molecule has 12 nitrogen and oxygen atoms in total. The van der Waals surface area contributed by atoms with E-state index in [1.165, 1.54) is 5.39 Å². The number of para-hydroxylation sites is 6. The molecule has 0 fully saturated rings. The molecule has 0 bridgehead atoms. The van der Waals surface area contributed by atoms with Crippen LogP contribution in [0.5, 0.6) is 0 Å². The van der Waals surface area contributed by atoms with E-state index in [4.69, 9.17) is 38.7 Å². The highest BCUT2D eigenvalue weighted by atomic mass is 16.3. The lowest BCUT2D eigenvalue weighted by molar-refractivity contribution is 0.669. The van der Waals surface area contributed by atoms with Gasteiger partial charge in [0.25, 0.3) is 0 Å². The smallest absolute Gasteiger partial charge is 0.170 e. The molecule has 600 valence electrons. The molecule has 0 atom stereocenters. The molecule has 8 aromatic heterocycles. The third-order valence-electron chi connectivity index (χ3n) is 26.5. The van der Waals surface area contributed by atoms with Crippen molar-refractivity contribution in [3.8, 4) is 119 Å². The van der Waals surface area contributed by atoms with Gasteiger partial charge in [0.15, 0.2) is 34.9 Å². The van der Waals surface area contributed by atoms with Crippen molar-refractivity contribution in [2.24, 2.45) is 7.05 Å². The van der Waals surface area contributed by atoms with E-state index >= 15 is 0 Å². The molecule has 0 saturated carbocycles. The van der Waals surface area contributed by atoms with Crippen LogP contribution in [-0.4, -0.2) is 48.2 Å². The van der Waals surface area contributed by atoms with Crippen LogP contribution in [0.3, 0.4) is 0 Å². The van der Waals surface area contributed by atoms with Crippen LogP contribution in [0.25, 0.3) is 271 Å². The van der Waals surface area contributed by atoms with E-state index in [2.05, 4.69) is 414 Å². The maximum atomic E-state index is 7.44. The highest BCUT2D eigenvalue weighted by molar-refractivity contribution is 6.20. The zero-order valence-electron chi connectivity index (χ0n) is 69.5. The van der Waals surface area contributed by atoms with E-state index in [0.717, 1.165) is 220 Å². The summed E-state index contributed by atoms with van der Waals surface area (Å²) in [6, 6.07) is 145. The first-order valence-electron chi connectivity index (χ1n) is 43.6. The number of furan rings is 2. The number of aryl methyl sites for hydroxylation is 1. The van der Waals surface area contributed by atoms with Crippen LogP contribution < -0.4 is 0 Å². The van der Waals surface area contributed by atoms with E-state index in [0.29, 0.717) is 46.1 Å². The molecule has 19 aromatic carbocycles. The van der Waals surface area contributed by atoms with E-state index in [-0.39, 0.29) is 0 Å². The van der Waals surface area contributed by atoms with Gasteiger partial charge in [0.05, 0.1) is 55.6 Å². The van der Waals surface area contributed by atoms with Gasteiger partial charge in [-0.25, -0.2) is 29.9 Å². The fourth-order valence-corrected chi connectivity index (χ4v) is 20.3. The molecule has 0 aliphatic carbocycles. The molecule has 27 rings (SSSR count).